The summed E-state index contributed by atoms with van der Waals surface area (Å²) in [5.74, 6) is 1.44. The minimum absolute atomic E-state index is 0.159. The number of carbonyl (C=O) groups excluding carboxylic acids is 1. The number of carbonyl (C=O) groups is 1. The summed E-state index contributed by atoms with van der Waals surface area (Å²) in [6.45, 7) is 0. The molecule has 0 N–H and O–H groups in total. The third-order valence-electron chi connectivity index (χ3n) is 3.30. The Balaban J connectivity index is 2.16. The van der Waals surface area contributed by atoms with Crippen molar-refractivity contribution in [3.05, 3.63) is 59.7 Å². The van der Waals surface area contributed by atoms with E-state index >= 15 is 0 Å². The standard InChI is InChI=1S/C17H18O3/c1-19-16-8-6-14(7-9-16)15(12-18)10-13-4-3-5-17(11-13)20-2/h3-9,11-12,15H,10H2,1-2H3. The van der Waals surface area contributed by atoms with Gasteiger partial charge in [0.2, 0.25) is 0 Å². The van der Waals surface area contributed by atoms with Crippen LogP contribution in [0.1, 0.15) is 17.0 Å². The summed E-state index contributed by atoms with van der Waals surface area (Å²) in [7, 11) is 3.27. The Hall–Kier alpha value is -2.29. The van der Waals surface area contributed by atoms with Gasteiger partial charge in [0.1, 0.15) is 17.8 Å². The zero-order valence-electron chi connectivity index (χ0n) is 11.7. The summed E-state index contributed by atoms with van der Waals surface area (Å²) in [6.07, 6.45) is 1.65. The molecule has 0 bridgehead atoms. The third kappa shape index (κ3) is 3.38. The van der Waals surface area contributed by atoms with E-state index in [1.54, 1.807) is 14.2 Å². The molecule has 0 spiro atoms. The minimum atomic E-state index is -0.159. The first-order valence-electron chi connectivity index (χ1n) is 6.49. The van der Waals surface area contributed by atoms with Crippen LogP contribution in [-0.4, -0.2) is 20.5 Å². The highest BCUT2D eigenvalue weighted by Crippen LogP contribution is 2.23. The largest absolute Gasteiger partial charge is 0.497 e. The average Bonchev–Trinajstić information content (AvgIpc) is 2.53. The summed E-state index contributed by atoms with van der Waals surface area (Å²) < 4.78 is 10.3. The van der Waals surface area contributed by atoms with Crippen LogP contribution in [0.5, 0.6) is 11.5 Å². The van der Waals surface area contributed by atoms with Gasteiger partial charge in [-0.1, -0.05) is 24.3 Å². The number of rotatable bonds is 6. The van der Waals surface area contributed by atoms with Crippen LogP contribution in [0.4, 0.5) is 0 Å². The van der Waals surface area contributed by atoms with Crippen LogP contribution in [0.25, 0.3) is 0 Å². The highest BCUT2D eigenvalue weighted by molar-refractivity contribution is 5.63. The van der Waals surface area contributed by atoms with Crippen molar-refractivity contribution in [3.63, 3.8) is 0 Å². The van der Waals surface area contributed by atoms with Gasteiger partial charge in [-0.05, 0) is 41.8 Å². The second-order valence-corrected chi connectivity index (χ2v) is 4.57. The molecule has 0 aliphatic heterocycles. The Bertz CT molecular complexity index is 561. The summed E-state index contributed by atoms with van der Waals surface area (Å²) in [5, 5.41) is 0. The topological polar surface area (TPSA) is 35.5 Å². The second-order valence-electron chi connectivity index (χ2n) is 4.57. The minimum Gasteiger partial charge on any atom is -0.497 e. The smallest absolute Gasteiger partial charge is 0.127 e. The fourth-order valence-electron chi connectivity index (χ4n) is 2.15. The van der Waals surface area contributed by atoms with E-state index < -0.39 is 0 Å². The van der Waals surface area contributed by atoms with Gasteiger partial charge < -0.3 is 14.3 Å². The Morgan fingerprint density at radius 1 is 1.00 bits per heavy atom. The first-order valence-corrected chi connectivity index (χ1v) is 6.49. The van der Waals surface area contributed by atoms with Crippen molar-refractivity contribution in [1.82, 2.24) is 0 Å². The number of hydrogen-bond donors (Lipinski definition) is 0. The van der Waals surface area contributed by atoms with Gasteiger partial charge in [-0.3, -0.25) is 0 Å². The van der Waals surface area contributed by atoms with Gasteiger partial charge in [-0.25, -0.2) is 0 Å². The van der Waals surface area contributed by atoms with E-state index in [0.29, 0.717) is 6.42 Å². The molecule has 0 radical (unpaired) electrons. The van der Waals surface area contributed by atoms with E-state index in [1.165, 1.54) is 0 Å². The lowest BCUT2D eigenvalue weighted by atomic mass is 9.93. The van der Waals surface area contributed by atoms with Gasteiger partial charge in [0.15, 0.2) is 0 Å². The molecule has 0 aliphatic carbocycles. The first kappa shape index (κ1) is 14.1. The molecular weight excluding hydrogens is 252 g/mol. The molecule has 0 saturated carbocycles. The van der Waals surface area contributed by atoms with E-state index in [1.807, 2.05) is 48.5 Å². The third-order valence-corrected chi connectivity index (χ3v) is 3.30. The highest BCUT2D eigenvalue weighted by atomic mass is 16.5. The molecule has 0 fully saturated rings. The molecule has 3 heteroatoms. The maximum atomic E-state index is 11.4. The number of methoxy groups -OCH3 is 2. The van der Waals surface area contributed by atoms with Crippen molar-refractivity contribution in [2.45, 2.75) is 12.3 Å². The molecule has 0 saturated heterocycles. The van der Waals surface area contributed by atoms with Crippen molar-refractivity contribution in [1.29, 1.82) is 0 Å². The first-order chi connectivity index (χ1) is 9.76. The zero-order valence-corrected chi connectivity index (χ0v) is 11.7. The zero-order chi connectivity index (χ0) is 14.4. The van der Waals surface area contributed by atoms with Gasteiger partial charge in [0.05, 0.1) is 14.2 Å². The van der Waals surface area contributed by atoms with Gasteiger partial charge >= 0.3 is 0 Å². The molecule has 2 aromatic carbocycles. The normalized spacial score (nSPS) is 11.7. The van der Waals surface area contributed by atoms with E-state index in [2.05, 4.69) is 0 Å². The Kier molecular flexibility index (Phi) is 4.77. The van der Waals surface area contributed by atoms with Crippen LogP contribution in [0.15, 0.2) is 48.5 Å². The predicted molar refractivity (Wildman–Crippen MR) is 78.5 cm³/mol. The van der Waals surface area contributed by atoms with Crippen LogP contribution in [-0.2, 0) is 11.2 Å². The van der Waals surface area contributed by atoms with E-state index in [0.717, 1.165) is 28.9 Å². The Morgan fingerprint density at radius 2 is 1.70 bits per heavy atom. The van der Waals surface area contributed by atoms with Crippen molar-refractivity contribution in [2.75, 3.05) is 14.2 Å². The molecule has 2 aromatic rings. The second kappa shape index (κ2) is 6.75. The summed E-state index contributed by atoms with van der Waals surface area (Å²) in [4.78, 5) is 11.4. The lowest BCUT2D eigenvalue weighted by molar-refractivity contribution is -0.109. The van der Waals surface area contributed by atoms with E-state index in [9.17, 15) is 4.79 Å². The van der Waals surface area contributed by atoms with Crippen molar-refractivity contribution < 1.29 is 14.3 Å². The van der Waals surface area contributed by atoms with E-state index in [-0.39, 0.29) is 5.92 Å². The Labute approximate surface area is 119 Å². The maximum absolute atomic E-state index is 11.4. The monoisotopic (exact) mass is 270 g/mol. The molecule has 0 amide bonds. The lowest BCUT2D eigenvalue weighted by Gasteiger charge is -2.12. The maximum Gasteiger partial charge on any atom is 0.127 e. The summed E-state index contributed by atoms with van der Waals surface area (Å²) >= 11 is 0. The van der Waals surface area contributed by atoms with Crippen LogP contribution in [0.3, 0.4) is 0 Å². The number of aldehydes is 1. The molecule has 2 rings (SSSR count). The number of hydrogen-bond acceptors (Lipinski definition) is 3. The SMILES string of the molecule is COc1ccc(C(C=O)Cc2cccc(OC)c2)cc1. The Morgan fingerprint density at radius 3 is 2.30 bits per heavy atom. The summed E-state index contributed by atoms with van der Waals surface area (Å²) in [6, 6.07) is 15.4. The molecule has 0 aliphatic rings. The van der Waals surface area contributed by atoms with Crippen molar-refractivity contribution in [3.8, 4) is 11.5 Å². The average molecular weight is 270 g/mol. The number of benzene rings is 2. The quantitative estimate of drug-likeness (QED) is 0.756. The fourth-order valence-corrected chi connectivity index (χ4v) is 2.15. The molecule has 3 nitrogen and oxygen atoms in total. The van der Waals surface area contributed by atoms with Crippen LogP contribution in [0, 0.1) is 0 Å². The van der Waals surface area contributed by atoms with Gasteiger partial charge in [0.25, 0.3) is 0 Å². The molecule has 1 atom stereocenters. The molecule has 104 valence electrons. The van der Waals surface area contributed by atoms with Crippen LogP contribution in [0.2, 0.25) is 0 Å². The van der Waals surface area contributed by atoms with Gasteiger partial charge in [-0.2, -0.15) is 0 Å². The summed E-state index contributed by atoms with van der Waals surface area (Å²) in [5.41, 5.74) is 2.07. The van der Waals surface area contributed by atoms with Crippen molar-refractivity contribution >= 4 is 6.29 Å². The van der Waals surface area contributed by atoms with Gasteiger partial charge in [-0.15, -0.1) is 0 Å². The van der Waals surface area contributed by atoms with Crippen LogP contribution < -0.4 is 9.47 Å². The van der Waals surface area contributed by atoms with E-state index in [4.69, 9.17) is 9.47 Å². The van der Waals surface area contributed by atoms with Gasteiger partial charge in [0, 0.05) is 5.92 Å². The van der Waals surface area contributed by atoms with Crippen molar-refractivity contribution in [2.24, 2.45) is 0 Å². The molecule has 0 heterocycles. The fraction of sp³-hybridized carbons (Fsp3) is 0.235. The molecule has 20 heavy (non-hydrogen) atoms. The lowest BCUT2D eigenvalue weighted by Crippen LogP contribution is -2.04. The van der Waals surface area contributed by atoms with Crippen LogP contribution >= 0.6 is 0 Å². The predicted octanol–water partition coefficient (Wildman–Crippen LogP) is 3.23. The molecular formula is C17H18O3. The highest BCUT2D eigenvalue weighted by Gasteiger charge is 2.12. The number of ether oxygens (including phenoxy) is 2. The molecule has 1 unspecified atom stereocenters. The molecule has 0 aromatic heterocycles.